The van der Waals surface area contributed by atoms with Gasteiger partial charge >= 0.3 is 5.97 Å². The van der Waals surface area contributed by atoms with Gasteiger partial charge in [-0.2, -0.15) is 0 Å². The summed E-state index contributed by atoms with van der Waals surface area (Å²) in [4.78, 5) is 22.7. The first-order valence-corrected chi connectivity index (χ1v) is 8.92. The molecule has 9 heteroatoms. The first-order valence-electron chi connectivity index (χ1n) is 7.43. The second-order valence-corrected chi connectivity index (χ2v) is 6.90. The number of sulfonamides is 1. The van der Waals surface area contributed by atoms with Gasteiger partial charge in [0, 0.05) is 12.6 Å². The molecule has 138 valence electrons. The minimum atomic E-state index is -3.94. The first kappa shape index (κ1) is 19.3. The Morgan fingerprint density at radius 2 is 1.65 bits per heavy atom. The van der Waals surface area contributed by atoms with Crippen molar-refractivity contribution in [2.24, 2.45) is 0 Å². The number of methoxy groups -OCH3 is 2. The highest BCUT2D eigenvalue weighted by molar-refractivity contribution is 7.92. The third-order valence-corrected chi connectivity index (χ3v) is 4.73. The van der Waals surface area contributed by atoms with E-state index in [0.717, 1.165) is 0 Å². The molecule has 0 atom stereocenters. The molecule has 26 heavy (non-hydrogen) atoms. The predicted octanol–water partition coefficient (Wildman–Crippen LogP) is 2.24. The van der Waals surface area contributed by atoms with Crippen LogP contribution in [0.2, 0.25) is 0 Å². The van der Waals surface area contributed by atoms with Crippen LogP contribution in [0.4, 0.5) is 11.4 Å². The molecule has 1 amide bonds. The number of esters is 1. The van der Waals surface area contributed by atoms with Crippen molar-refractivity contribution in [2.45, 2.75) is 11.8 Å². The third kappa shape index (κ3) is 4.51. The highest BCUT2D eigenvalue weighted by atomic mass is 32.2. The number of amides is 1. The zero-order valence-electron chi connectivity index (χ0n) is 14.4. The summed E-state index contributed by atoms with van der Waals surface area (Å²) >= 11 is 0. The van der Waals surface area contributed by atoms with E-state index in [1.54, 1.807) is 0 Å². The van der Waals surface area contributed by atoms with Crippen LogP contribution in [-0.2, 0) is 19.6 Å². The van der Waals surface area contributed by atoms with Crippen LogP contribution in [0.25, 0.3) is 0 Å². The lowest BCUT2D eigenvalue weighted by molar-refractivity contribution is -0.114. The number of anilines is 2. The molecule has 2 rings (SSSR count). The molecule has 0 saturated carbocycles. The van der Waals surface area contributed by atoms with Gasteiger partial charge in [-0.1, -0.05) is 0 Å². The van der Waals surface area contributed by atoms with E-state index in [-0.39, 0.29) is 27.8 Å². The van der Waals surface area contributed by atoms with Crippen molar-refractivity contribution in [3.05, 3.63) is 48.0 Å². The molecule has 0 bridgehead atoms. The summed E-state index contributed by atoms with van der Waals surface area (Å²) < 4.78 is 37.3. The van der Waals surface area contributed by atoms with Gasteiger partial charge in [0.15, 0.2) is 0 Å². The van der Waals surface area contributed by atoms with Crippen LogP contribution in [0.3, 0.4) is 0 Å². The van der Waals surface area contributed by atoms with E-state index in [1.807, 2.05) is 0 Å². The van der Waals surface area contributed by atoms with Gasteiger partial charge in [0.05, 0.1) is 30.4 Å². The molecule has 0 saturated heterocycles. The summed E-state index contributed by atoms with van der Waals surface area (Å²) in [7, 11) is -1.32. The second-order valence-electron chi connectivity index (χ2n) is 5.22. The van der Waals surface area contributed by atoms with Crippen LogP contribution in [-0.4, -0.2) is 34.5 Å². The molecule has 0 fully saturated rings. The van der Waals surface area contributed by atoms with Crippen molar-refractivity contribution < 1.29 is 27.5 Å². The molecule has 8 nitrogen and oxygen atoms in total. The number of carbonyl (C=O) groups is 2. The normalized spacial score (nSPS) is 10.7. The molecule has 0 radical (unpaired) electrons. The number of hydrogen-bond donors (Lipinski definition) is 2. The molecule has 2 aromatic rings. The van der Waals surface area contributed by atoms with E-state index in [9.17, 15) is 18.0 Å². The zero-order chi connectivity index (χ0) is 19.3. The van der Waals surface area contributed by atoms with Crippen molar-refractivity contribution in [1.29, 1.82) is 0 Å². The molecule has 2 aromatic carbocycles. The lowest BCUT2D eigenvalue weighted by Crippen LogP contribution is -2.14. The van der Waals surface area contributed by atoms with Gasteiger partial charge in [0.1, 0.15) is 5.75 Å². The van der Waals surface area contributed by atoms with Crippen LogP contribution in [0.1, 0.15) is 17.3 Å². The van der Waals surface area contributed by atoms with Gasteiger partial charge in [-0.05, 0) is 42.5 Å². The minimum Gasteiger partial charge on any atom is -0.495 e. The van der Waals surface area contributed by atoms with Crippen molar-refractivity contribution in [3.63, 3.8) is 0 Å². The van der Waals surface area contributed by atoms with Crippen LogP contribution in [0.15, 0.2) is 47.4 Å². The Hall–Kier alpha value is -3.07. The van der Waals surface area contributed by atoms with E-state index in [4.69, 9.17) is 4.74 Å². The van der Waals surface area contributed by atoms with E-state index in [0.29, 0.717) is 5.69 Å². The molecular formula is C17H18N2O6S. The van der Waals surface area contributed by atoms with E-state index in [1.165, 1.54) is 63.6 Å². The number of hydrogen-bond acceptors (Lipinski definition) is 6. The predicted molar refractivity (Wildman–Crippen MR) is 95.9 cm³/mol. The van der Waals surface area contributed by atoms with Crippen LogP contribution >= 0.6 is 0 Å². The summed E-state index contributed by atoms with van der Waals surface area (Å²) in [5.41, 5.74) is 0.745. The molecular weight excluding hydrogens is 360 g/mol. The SMILES string of the molecule is COC(=O)c1ccc(OC)c(NS(=O)(=O)c2ccc(NC(C)=O)cc2)c1. The van der Waals surface area contributed by atoms with Gasteiger partial charge in [-0.15, -0.1) is 0 Å². The molecule has 0 unspecified atom stereocenters. The Kier molecular flexibility index (Phi) is 5.83. The Labute approximate surface area is 151 Å². The summed E-state index contributed by atoms with van der Waals surface area (Å²) in [5, 5.41) is 2.55. The minimum absolute atomic E-state index is 0.0165. The number of rotatable bonds is 6. The fourth-order valence-electron chi connectivity index (χ4n) is 2.16. The highest BCUT2D eigenvalue weighted by Gasteiger charge is 2.18. The maximum Gasteiger partial charge on any atom is 0.337 e. The largest absolute Gasteiger partial charge is 0.495 e. The fourth-order valence-corrected chi connectivity index (χ4v) is 3.22. The Morgan fingerprint density at radius 3 is 2.19 bits per heavy atom. The molecule has 0 spiro atoms. The lowest BCUT2D eigenvalue weighted by atomic mass is 10.2. The fraction of sp³-hybridized carbons (Fsp3) is 0.176. The van der Waals surface area contributed by atoms with Crippen molar-refractivity contribution in [3.8, 4) is 5.75 Å². The average Bonchev–Trinajstić information content (AvgIpc) is 2.60. The smallest absolute Gasteiger partial charge is 0.337 e. The molecule has 0 aromatic heterocycles. The maximum atomic E-state index is 12.6. The first-order chi connectivity index (χ1) is 12.3. The van der Waals surface area contributed by atoms with Gasteiger partial charge in [-0.25, -0.2) is 13.2 Å². The van der Waals surface area contributed by atoms with Crippen LogP contribution in [0.5, 0.6) is 5.75 Å². The third-order valence-electron chi connectivity index (χ3n) is 3.35. The molecule has 2 N–H and O–H groups in total. The van der Waals surface area contributed by atoms with Crippen molar-refractivity contribution in [1.82, 2.24) is 0 Å². The van der Waals surface area contributed by atoms with Gasteiger partial charge < -0.3 is 14.8 Å². The summed E-state index contributed by atoms with van der Waals surface area (Å²) in [6.07, 6.45) is 0. The maximum absolute atomic E-state index is 12.6. The number of nitrogens with one attached hydrogen (secondary N) is 2. The van der Waals surface area contributed by atoms with Gasteiger partial charge in [0.2, 0.25) is 5.91 Å². The van der Waals surface area contributed by atoms with Gasteiger partial charge in [0.25, 0.3) is 10.0 Å². The van der Waals surface area contributed by atoms with E-state index < -0.39 is 16.0 Å². The highest BCUT2D eigenvalue weighted by Crippen LogP contribution is 2.28. The van der Waals surface area contributed by atoms with Crippen LogP contribution in [0, 0.1) is 0 Å². The number of benzene rings is 2. The molecule has 0 aliphatic heterocycles. The monoisotopic (exact) mass is 378 g/mol. The Morgan fingerprint density at radius 1 is 1.00 bits per heavy atom. The molecule has 0 aliphatic carbocycles. The number of ether oxygens (including phenoxy) is 2. The quantitative estimate of drug-likeness (QED) is 0.746. The molecule has 0 aliphatic rings. The zero-order valence-corrected chi connectivity index (χ0v) is 15.2. The summed E-state index contributed by atoms with van der Waals surface area (Å²) in [6, 6.07) is 9.90. The van der Waals surface area contributed by atoms with Crippen molar-refractivity contribution >= 4 is 33.3 Å². The Bertz CT molecular complexity index is 923. The Balaban J connectivity index is 2.33. The summed E-state index contributed by atoms with van der Waals surface area (Å²) in [6.45, 7) is 1.35. The number of carbonyl (C=O) groups excluding carboxylic acids is 2. The van der Waals surface area contributed by atoms with Crippen molar-refractivity contribution in [2.75, 3.05) is 24.3 Å². The van der Waals surface area contributed by atoms with E-state index in [2.05, 4.69) is 14.8 Å². The van der Waals surface area contributed by atoms with Gasteiger partial charge in [-0.3, -0.25) is 9.52 Å². The lowest BCUT2D eigenvalue weighted by Gasteiger charge is -2.13. The van der Waals surface area contributed by atoms with Crippen LogP contribution < -0.4 is 14.8 Å². The summed E-state index contributed by atoms with van der Waals surface area (Å²) in [5.74, 6) is -0.619. The standard InChI is InChI=1S/C17H18N2O6S/c1-11(20)18-13-5-7-14(8-6-13)26(22,23)19-15-10-12(17(21)25-3)4-9-16(15)24-2/h4-10,19H,1-3H3,(H,18,20). The second kappa shape index (κ2) is 7.87. The molecule has 0 heterocycles. The topological polar surface area (TPSA) is 111 Å². The van der Waals surface area contributed by atoms with E-state index >= 15 is 0 Å². The average molecular weight is 378 g/mol.